The summed E-state index contributed by atoms with van der Waals surface area (Å²) in [6.45, 7) is 3.63. The minimum Gasteiger partial charge on any atom is -0.398 e. The summed E-state index contributed by atoms with van der Waals surface area (Å²) in [5.41, 5.74) is 6.34. The van der Waals surface area contributed by atoms with Crippen molar-refractivity contribution >= 4 is 17.0 Å². The predicted octanol–water partition coefficient (Wildman–Crippen LogP) is 2.06. The lowest BCUT2D eigenvalue weighted by Gasteiger charge is -1.82. The molecule has 0 atom stereocenters. The Hall–Kier alpha value is -0.760. The van der Waals surface area contributed by atoms with Crippen molar-refractivity contribution in [3.8, 4) is 0 Å². The van der Waals surface area contributed by atoms with Crippen LogP contribution in [0.5, 0.6) is 0 Å². The highest BCUT2D eigenvalue weighted by atomic mass is 32.1. The van der Waals surface area contributed by atoms with Crippen molar-refractivity contribution in [1.82, 2.24) is 0 Å². The molecule has 0 unspecified atom stereocenters. The van der Waals surface area contributed by atoms with Gasteiger partial charge in [-0.15, -0.1) is 17.9 Å². The lowest BCUT2D eigenvalue weighted by atomic mass is 10.3. The van der Waals surface area contributed by atoms with Gasteiger partial charge in [-0.05, 0) is 12.5 Å². The Balaban J connectivity index is 2.72. The smallest absolute Gasteiger partial charge is 0.0425 e. The zero-order chi connectivity index (χ0) is 6.69. The van der Waals surface area contributed by atoms with Gasteiger partial charge in [0.25, 0.3) is 0 Å². The summed E-state index contributed by atoms with van der Waals surface area (Å²) < 4.78 is 0. The largest absolute Gasteiger partial charge is 0.398 e. The first kappa shape index (κ1) is 6.36. The molecule has 48 valence electrons. The van der Waals surface area contributed by atoms with Crippen LogP contribution in [0.2, 0.25) is 0 Å². The molecule has 1 aromatic rings. The highest BCUT2D eigenvalue weighted by Crippen LogP contribution is 2.16. The number of nitrogen functional groups attached to an aromatic ring is 1. The van der Waals surface area contributed by atoms with E-state index in [1.165, 1.54) is 4.88 Å². The predicted molar refractivity (Wildman–Crippen MR) is 42.6 cm³/mol. The molecule has 0 aliphatic carbocycles. The highest BCUT2D eigenvalue weighted by molar-refractivity contribution is 7.10. The summed E-state index contributed by atoms with van der Waals surface area (Å²) in [6.07, 6.45) is 2.81. The molecular formula is C7H9NS. The molecule has 0 aliphatic rings. The van der Waals surface area contributed by atoms with Gasteiger partial charge >= 0.3 is 0 Å². The van der Waals surface area contributed by atoms with Crippen molar-refractivity contribution in [2.75, 3.05) is 5.73 Å². The number of thiophene rings is 1. The van der Waals surface area contributed by atoms with Gasteiger partial charge < -0.3 is 5.73 Å². The molecule has 0 radical (unpaired) electrons. The quantitative estimate of drug-likeness (QED) is 0.623. The lowest BCUT2D eigenvalue weighted by Crippen LogP contribution is -1.77. The summed E-state index contributed by atoms with van der Waals surface area (Å²) >= 11 is 1.68. The fourth-order valence-electron chi connectivity index (χ4n) is 0.647. The van der Waals surface area contributed by atoms with E-state index in [0.29, 0.717) is 0 Å². The molecule has 0 saturated heterocycles. The maximum atomic E-state index is 5.48. The molecule has 0 fully saturated rings. The monoisotopic (exact) mass is 139 g/mol. The molecule has 1 aromatic heterocycles. The second kappa shape index (κ2) is 2.69. The fourth-order valence-corrected chi connectivity index (χ4v) is 1.42. The third-order valence-electron chi connectivity index (χ3n) is 1.02. The number of rotatable bonds is 2. The minimum atomic E-state index is 0.858. The number of allylic oxidation sites excluding steroid dienone is 1. The lowest BCUT2D eigenvalue weighted by molar-refractivity contribution is 1.36. The van der Waals surface area contributed by atoms with Crippen molar-refractivity contribution in [3.63, 3.8) is 0 Å². The first-order chi connectivity index (χ1) is 4.33. The molecule has 2 heteroatoms. The van der Waals surface area contributed by atoms with Gasteiger partial charge in [-0.25, -0.2) is 0 Å². The second-order valence-corrected chi connectivity index (χ2v) is 2.83. The summed E-state index contributed by atoms with van der Waals surface area (Å²) in [4.78, 5) is 1.28. The summed E-state index contributed by atoms with van der Waals surface area (Å²) in [7, 11) is 0. The van der Waals surface area contributed by atoms with Crippen LogP contribution in [0.3, 0.4) is 0 Å². The summed E-state index contributed by atoms with van der Waals surface area (Å²) in [6, 6.07) is 1.98. The van der Waals surface area contributed by atoms with Crippen molar-refractivity contribution in [2.24, 2.45) is 0 Å². The minimum absolute atomic E-state index is 0.858. The molecule has 0 bridgehead atoms. The van der Waals surface area contributed by atoms with E-state index in [1.54, 1.807) is 11.3 Å². The van der Waals surface area contributed by atoms with Crippen molar-refractivity contribution in [3.05, 3.63) is 29.0 Å². The zero-order valence-electron chi connectivity index (χ0n) is 5.13. The Morgan fingerprint density at radius 1 is 1.78 bits per heavy atom. The average Bonchev–Trinajstić information content (AvgIpc) is 2.17. The van der Waals surface area contributed by atoms with E-state index in [9.17, 15) is 0 Å². The molecule has 0 saturated carbocycles. The molecule has 0 aromatic carbocycles. The molecule has 0 aliphatic heterocycles. The molecule has 9 heavy (non-hydrogen) atoms. The molecule has 1 rings (SSSR count). The summed E-state index contributed by atoms with van der Waals surface area (Å²) in [5, 5.41) is 1.94. The van der Waals surface area contributed by atoms with E-state index in [2.05, 4.69) is 6.58 Å². The van der Waals surface area contributed by atoms with E-state index >= 15 is 0 Å². The average molecular weight is 139 g/mol. The molecule has 2 N–H and O–H groups in total. The van der Waals surface area contributed by atoms with Crippen LogP contribution in [-0.2, 0) is 6.42 Å². The first-order valence-corrected chi connectivity index (χ1v) is 3.64. The van der Waals surface area contributed by atoms with Crippen LogP contribution in [0.4, 0.5) is 5.69 Å². The standard InChI is InChI=1S/C7H9NS/c1-2-3-7-4-6(8)5-9-7/h2,4-5H,1,3,8H2. The number of hydrogen-bond donors (Lipinski definition) is 1. The van der Waals surface area contributed by atoms with E-state index in [4.69, 9.17) is 5.73 Å². The number of nitrogens with two attached hydrogens (primary N) is 1. The topological polar surface area (TPSA) is 26.0 Å². The molecular weight excluding hydrogens is 130 g/mol. The van der Waals surface area contributed by atoms with Gasteiger partial charge in [0.05, 0.1) is 0 Å². The van der Waals surface area contributed by atoms with Crippen LogP contribution in [0.25, 0.3) is 0 Å². The van der Waals surface area contributed by atoms with Gasteiger partial charge in [-0.3, -0.25) is 0 Å². The van der Waals surface area contributed by atoms with Crippen LogP contribution in [-0.4, -0.2) is 0 Å². The molecule has 0 spiro atoms. The van der Waals surface area contributed by atoms with Crippen LogP contribution in [0.1, 0.15) is 4.88 Å². The SMILES string of the molecule is C=CCc1cc(N)cs1. The Morgan fingerprint density at radius 3 is 3.00 bits per heavy atom. The van der Waals surface area contributed by atoms with E-state index in [1.807, 2.05) is 17.5 Å². The van der Waals surface area contributed by atoms with Gasteiger partial charge in [0.2, 0.25) is 0 Å². The second-order valence-electron chi connectivity index (χ2n) is 1.84. The van der Waals surface area contributed by atoms with E-state index in [0.717, 1.165) is 12.1 Å². The van der Waals surface area contributed by atoms with Gasteiger partial charge in [0.15, 0.2) is 0 Å². The fraction of sp³-hybridized carbons (Fsp3) is 0.143. The van der Waals surface area contributed by atoms with Gasteiger partial charge in [0.1, 0.15) is 0 Å². The number of hydrogen-bond acceptors (Lipinski definition) is 2. The third kappa shape index (κ3) is 1.57. The molecule has 1 nitrogen and oxygen atoms in total. The molecule has 0 amide bonds. The molecule has 1 heterocycles. The maximum Gasteiger partial charge on any atom is 0.0425 e. The zero-order valence-corrected chi connectivity index (χ0v) is 5.95. The normalized spacial score (nSPS) is 9.33. The van der Waals surface area contributed by atoms with Gasteiger partial charge in [-0.1, -0.05) is 6.08 Å². The van der Waals surface area contributed by atoms with E-state index in [-0.39, 0.29) is 0 Å². The summed E-state index contributed by atoms with van der Waals surface area (Å²) in [5.74, 6) is 0. The Kier molecular flexibility index (Phi) is 1.90. The van der Waals surface area contributed by atoms with E-state index < -0.39 is 0 Å². The van der Waals surface area contributed by atoms with Crippen LogP contribution in [0.15, 0.2) is 24.1 Å². The highest BCUT2D eigenvalue weighted by Gasteiger charge is 1.91. The van der Waals surface area contributed by atoms with Crippen LogP contribution in [0, 0.1) is 0 Å². The van der Waals surface area contributed by atoms with Crippen molar-refractivity contribution < 1.29 is 0 Å². The first-order valence-electron chi connectivity index (χ1n) is 2.76. The Morgan fingerprint density at radius 2 is 2.56 bits per heavy atom. The van der Waals surface area contributed by atoms with Gasteiger partial charge in [-0.2, -0.15) is 0 Å². The van der Waals surface area contributed by atoms with Crippen LogP contribution >= 0.6 is 11.3 Å². The third-order valence-corrected chi connectivity index (χ3v) is 2.00. The van der Waals surface area contributed by atoms with Gasteiger partial charge in [0, 0.05) is 15.9 Å². The van der Waals surface area contributed by atoms with Crippen molar-refractivity contribution in [2.45, 2.75) is 6.42 Å². The Labute approximate surface area is 58.8 Å². The number of anilines is 1. The Bertz CT molecular complexity index is 202. The maximum absolute atomic E-state index is 5.48. The van der Waals surface area contributed by atoms with Crippen molar-refractivity contribution in [1.29, 1.82) is 0 Å². The van der Waals surface area contributed by atoms with Crippen LogP contribution < -0.4 is 5.73 Å².